The Hall–Kier alpha value is -1.88. The lowest BCUT2D eigenvalue weighted by Crippen LogP contribution is -2.48. The van der Waals surface area contributed by atoms with Gasteiger partial charge in [-0.1, -0.05) is 6.07 Å². The Morgan fingerprint density at radius 1 is 1.35 bits per heavy atom. The first-order chi connectivity index (χ1) is 9.61. The fraction of sp³-hybridized carbons (Fsp3) is 0.467. The number of nitrogens with one attached hydrogen (secondary N) is 2. The average Bonchev–Trinajstić information content (AvgIpc) is 2.44. The lowest BCUT2D eigenvalue weighted by atomic mass is 10.0. The monoisotopic (exact) mass is 275 g/mol. The molecule has 1 aromatic rings. The molecule has 0 aromatic heterocycles. The van der Waals surface area contributed by atoms with E-state index in [4.69, 9.17) is 0 Å². The van der Waals surface area contributed by atoms with E-state index in [0.717, 1.165) is 13.1 Å². The van der Waals surface area contributed by atoms with Crippen LogP contribution in [0.5, 0.6) is 0 Å². The van der Waals surface area contributed by atoms with Gasteiger partial charge in [0.25, 0.3) is 11.8 Å². The first-order valence-electron chi connectivity index (χ1n) is 6.96. The highest BCUT2D eigenvalue weighted by molar-refractivity contribution is 5.99. The van der Waals surface area contributed by atoms with E-state index >= 15 is 0 Å². The minimum Gasteiger partial charge on any atom is -0.352 e. The SMILES string of the molecule is CCN(C)C(=O)c1cccc(C(=O)NCC2CNC2)c1. The van der Waals surface area contributed by atoms with Crippen LogP contribution in [0.4, 0.5) is 0 Å². The van der Waals surface area contributed by atoms with Crippen molar-refractivity contribution in [2.45, 2.75) is 6.92 Å². The van der Waals surface area contributed by atoms with Crippen LogP contribution in [-0.2, 0) is 0 Å². The smallest absolute Gasteiger partial charge is 0.253 e. The molecule has 1 aromatic carbocycles. The predicted octanol–water partition coefficient (Wildman–Crippen LogP) is 0.728. The minimum absolute atomic E-state index is 0.0645. The molecule has 5 heteroatoms. The van der Waals surface area contributed by atoms with Gasteiger partial charge in [-0.2, -0.15) is 0 Å². The van der Waals surface area contributed by atoms with E-state index in [-0.39, 0.29) is 11.8 Å². The van der Waals surface area contributed by atoms with Crippen molar-refractivity contribution in [3.05, 3.63) is 35.4 Å². The van der Waals surface area contributed by atoms with E-state index in [0.29, 0.717) is 30.1 Å². The fourth-order valence-electron chi connectivity index (χ4n) is 1.99. The first-order valence-corrected chi connectivity index (χ1v) is 6.96. The Labute approximate surface area is 119 Å². The number of rotatable bonds is 5. The molecule has 2 N–H and O–H groups in total. The number of carbonyl (C=O) groups excluding carboxylic acids is 2. The summed E-state index contributed by atoms with van der Waals surface area (Å²) in [7, 11) is 1.75. The molecule has 108 valence electrons. The van der Waals surface area contributed by atoms with E-state index in [2.05, 4.69) is 10.6 Å². The van der Waals surface area contributed by atoms with Gasteiger partial charge in [-0.05, 0) is 25.1 Å². The van der Waals surface area contributed by atoms with Gasteiger partial charge < -0.3 is 15.5 Å². The summed E-state index contributed by atoms with van der Waals surface area (Å²) in [5, 5.41) is 6.07. The van der Waals surface area contributed by atoms with Gasteiger partial charge in [-0.15, -0.1) is 0 Å². The summed E-state index contributed by atoms with van der Waals surface area (Å²) in [6, 6.07) is 6.87. The number of nitrogens with zero attached hydrogens (tertiary/aromatic N) is 1. The van der Waals surface area contributed by atoms with Gasteiger partial charge in [0.2, 0.25) is 0 Å². The molecule has 1 aliphatic rings. The molecule has 0 bridgehead atoms. The van der Waals surface area contributed by atoms with Gasteiger partial charge in [0.1, 0.15) is 0 Å². The van der Waals surface area contributed by atoms with E-state index in [1.807, 2.05) is 6.92 Å². The Morgan fingerprint density at radius 3 is 2.65 bits per heavy atom. The minimum atomic E-state index is -0.120. The van der Waals surface area contributed by atoms with Gasteiger partial charge >= 0.3 is 0 Å². The zero-order valence-corrected chi connectivity index (χ0v) is 12.0. The van der Waals surface area contributed by atoms with Crippen molar-refractivity contribution in [3.63, 3.8) is 0 Å². The molecule has 1 saturated heterocycles. The number of carbonyl (C=O) groups is 2. The van der Waals surface area contributed by atoms with Crippen molar-refractivity contribution in [1.29, 1.82) is 0 Å². The summed E-state index contributed by atoms with van der Waals surface area (Å²) in [5.74, 6) is 0.339. The topological polar surface area (TPSA) is 61.4 Å². The summed E-state index contributed by atoms with van der Waals surface area (Å²) in [4.78, 5) is 25.7. The number of amides is 2. The van der Waals surface area contributed by atoms with Crippen molar-refractivity contribution in [3.8, 4) is 0 Å². The Balaban J connectivity index is 2.00. The molecule has 0 aliphatic carbocycles. The predicted molar refractivity (Wildman–Crippen MR) is 77.8 cm³/mol. The van der Waals surface area contributed by atoms with Crippen molar-refractivity contribution >= 4 is 11.8 Å². The number of benzene rings is 1. The summed E-state index contributed by atoms with van der Waals surface area (Å²) in [5.41, 5.74) is 1.08. The molecule has 0 unspecified atom stereocenters. The Kier molecular flexibility index (Phi) is 4.74. The van der Waals surface area contributed by atoms with Crippen molar-refractivity contribution in [1.82, 2.24) is 15.5 Å². The maximum atomic E-state index is 12.1. The van der Waals surface area contributed by atoms with Crippen molar-refractivity contribution < 1.29 is 9.59 Å². The van der Waals surface area contributed by atoms with Crippen LogP contribution >= 0.6 is 0 Å². The van der Waals surface area contributed by atoms with Crippen LogP contribution in [-0.4, -0.2) is 49.9 Å². The van der Waals surface area contributed by atoms with E-state index in [9.17, 15) is 9.59 Å². The van der Waals surface area contributed by atoms with Crippen LogP contribution in [0.3, 0.4) is 0 Å². The highest BCUT2D eigenvalue weighted by Crippen LogP contribution is 2.08. The normalized spacial score (nSPS) is 14.5. The molecule has 0 radical (unpaired) electrons. The molecule has 20 heavy (non-hydrogen) atoms. The van der Waals surface area contributed by atoms with Crippen LogP contribution in [0.1, 0.15) is 27.6 Å². The Morgan fingerprint density at radius 2 is 2.05 bits per heavy atom. The molecule has 0 atom stereocenters. The molecule has 2 amide bonds. The third-order valence-corrected chi connectivity index (χ3v) is 3.61. The van der Waals surface area contributed by atoms with Gasteiger partial charge in [0.05, 0.1) is 0 Å². The molecular formula is C15H21N3O2. The van der Waals surface area contributed by atoms with Crippen LogP contribution in [0.15, 0.2) is 24.3 Å². The zero-order valence-electron chi connectivity index (χ0n) is 12.0. The number of hydrogen-bond donors (Lipinski definition) is 2. The van der Waals surface area contributed by atoms with E-state index < -0.39 is 0 Å². The van der Waals surface area contributed by atoms with Crippen LogP contribution in [0.25, 0.3) is 0 Å². The maximum Gasteiger partial charge on any atom is 0.253 e. The summed E-state index contributed by atoms with van der Waals surface area (Å²) >= 11 is 0. The Bertz CT molecular complexity index is 498. The largest absolute Gasteiger partial charge is 0.352 e. The highest BCUT2D eigenvalue weighted by atomic mass is 16.2. The maximum absolute atomic E-state index is 12.1. The zero-order chi connectivity index (χ0) is 14.5. The molecule has 2 rings (SSSR count). The lowest BCUT2D eigenvalue weighted by molar-refractivity contribution is 0.0802. The lowest BCUT2D eigenvalue weighted by Gasteiger charge is -2.27. The molecule has 0 spiro atoms. The van der Waals surface area contributed by atoms with Crippen LogP contribution in [0, 0.1) is 5.92 Å². The van der Waals surface area contributed by atoms with E-state index in [1.165, 1.54) is 0 Å². The van der Waals surface area contributed by atoms with Gasteiger partial charge in [-0.3, -0.25) is 9.59 Å². The van der Waals surface area contributed by atoms with Crippen LogP contribution < -0.4 is 10.6 Å². The molecule has 5 nitrogen and oxygen atoms in total. The van der Waals surface area contributed by atoms with Crippen molar-refractivity contribution in [2.24, 2.45) is 5.92 Å². The highest BCUT2D eigenvalue weighted by Gasteiger charge is 2.18. The van der Waals surface area contributed by atoms with E-state index in [1.54, 1.807) is 36.2 Å². The molecule has 0 saturated carbocycles. The van der Waals surface area contributed by atoms with Gasteiger partial charge in [0, 0.05) is 50.3 Å². The second kappa shape index (κ2) is 6.52. The standard InChI is InChI=1S/C15H21N3O2/c1-3-18(2)15(20)13-6-4-5-12(7-13)14(19)17-10-11-8-16-9-11/h4-7,11,16H,3,8-10H2,1-2H3,(H,17,19). The first kappa shape index (κ1) is 14.5. The molecule has 1 heterocycles. The summed E-state index contributed by atoms with van der Waals surface area (Å²) in [6.45, 7) is 5.16. The summed E-state index contributed by atoms with van der Waals surface area (Å²) < 4.78 is 0. The van der Waals surface area contributed by atoms with Crippen molar-refractivity contribution in [2.75, 3.05) is 33.2 Å². The third kappa shape index (κ3) is 3.36. The third-order valence-electron chi connectivity index (χ3n) is 3.61. The van der Waals surface area contributed by atoms with Crippen LogP contribution in [0.2, 0.25) is 0 Å². The average molecular weight is 275 g/mol. The molecule has 1 aliphatic heterocycles. The second-order valence-electron chi connectivity index (χ2n) is 5.13. The second-order valence-corrected chi connectivity index (χ2v) is 5.13. The molecular weight excluding hydrogens is 254 g/mol. The van der Waals surface area contributed by atoms with Gasteiger partial charge in [0.15, 0.2) is 0 Å². The molecule has 1 fully saturated rings. The quantitative estimate of drug-likeness (QED) is 0.832. The fourth-order valence-corrected chi connectivity index (χ4v) is 1.99. The van der Waals surface area contributed by atoms with Gasteiger partial charge in [-0.25, -0.2) is 0 Å². The number of hydrogen-bond acceptors (Lipinski definition) is 3. The summed E-state index contributed by atoms with van der Waals surface area (Å²) in [6.07, 6.45) is 0.